The standard InChI is InChI=1S/C12H18ClNOS/c13-5-8-15-11-3-6-14(7-4-11)10-12-2-1-9-16-12/h1-2,9,11H,3-8,10H2. The van der Waals surface area contributed by atoms with Crippen LogP contribution in [-0.4, -0.2) is 36.6 Å². The molecule has 0 amide bonds. The van der Waals surface area contributed by atoms with E-state index >= 15 is 0 Å². The summed E-state index contributed by atoms with van der Waals surface area (Å²) in [7, 11) is 0. The SMILES string of the molecule is ClCCOC1CCN(Cc2cccs2)CC1. The van der Waals surface area contributed by atoms with Gasteiger partial charge in [-0.1, -0.05) is 6.07 Å². The van der Waals surface area contributed by atoms with E-state index in [0.717, 1.165) is 32.5 Å². The third-order valence-corrected chi connectivity index (χ3v) is 3.94. The molecule has 4 heteroatoms. The molecule has 16 heavy (non-hydrogen) atoms. The van der Waals surface area contributed by atoms with E-state index in [-0.39, 0.29) is 0 Å². The number of halogens is 1. The Morgan fingerprint density at radius 1 is 1.44 bits per heavy atom. The number of ether oxygens (including phenoxy) is 1. The van der Waals surface area contributed by atoms with E-state index in [1.165, 1.54) is 4.88 Å². The molecule has 1 aliphatic rings. The fraction of sp³-hybridized carbons (Fsp3) is 0.667. The molecule has 1 fully saturated rings. The summed E-state index contributed by atoms with van der Waals surface area (Å²) in [6, 6.07) is 4.33. The van der Waals surface area contributed by atoms with Gasteiger partial charge in [-0.25, -0.2) is 0 Å². The molecule has 0 aromatic carbocycles. The second-order valence-corrected chi connectivity index (χ2v) is 5.52. The van der Waals surface area contributed by atoms with Crippen LogP contribution in [0.2, 0.25) is 0 Å². The number of hydrogen-bond acceptors (Lipinski definition) is 3. The van der Waals surface area contributed by atoms with E-state index in [9.17, 15) is 0 Å². The summed E-state index contributed by atoms with van der Waals surface area (Å²) in [5, 5.41) is 2.14. The lowest BCUT2D eigenvalue weighted by molar-refractivity contribution is 0.0137. The van der Waals surface area contributed by atoms with Crippen molar-refractivity contribution in [3.63, 3.8) is 0 Å². The van der Waals surface area contributed by atoms with Crippen molar-refractivity contribution in [2.24, 2.45) is 0 Å². The first-order valence-electron chi connectivity index (χ1n) is 5.81. The Hall–Kier alpha value is -0.0900. The lowest BCUT2D eigenvalue weighted by Gasteiger charge is -2.31. The molecule has 2 rings (SSSR count). The molecule has 0 unspecified atom stereocenters. The lowest BCUT2D eigenvalue weighted by Crippen LogP contribution is -2.36. The molecule has 1 aromatic heterocycles. The highest BCUT2D eigenvalue weighted by molar-refractivity contribution is 7.09. The van der Waals surface area contributed by atoms with Crippen molar-refractivity contribution in [1.82, 2.24) is 4.90 Å². The van der Waals surface area contributed by atoms with Gasteiger partial charge in [0.1, 0.15) is 0 Å². The Balaban J connectivity index is 1.69. The average Bonchev–Trinajstić information content (AvgIpc) is 2.81. The molecule has 0 spiro atoms. The fourth-order valence-corrected chi connectivity index (χ4v) is 2.90. The summed E-state index contributed by atoms with van der Waals surface area (Å²) in [6.45, 7) is 4.08. The summed E-state index contributed by atoms with van der Waals surface area (Å²) in [5.41, 5.74) is 0. The molecule has 0 saturated carbocycles. The highest BCUT2D eigenvalue weighted by atomic mass is 35.5. The first-order valence-corrected chi connectivity index (χ1v) is 7.22. The van der Waals surface area contributed by atoms with Crippen LogP contribution in [0.4, 0.5) is 0 Å². The van der Waals surface area contributed by atoms with Crippen molar-refractivity contribution in [2.75, 3.05) is 25.6 Å². The molecule has 90 valence electrons. The average molecular weight is 260 g/mol. The lowest BCUT2D eigenvalue weighted by atomic mass is 10.1. The quantitative estimate of drug-likeness (QED) is 0.754. The van der Waals surface area contributed by atoms with E-state index in [2.05, 4.69) is 22.4 Å². The van der Waals surface area contributed by atoms with Crippen LogP contribution in [0.5, 0.6) is 0 Å². The van der Waals surface area contributed by atoms with Crippen LogP contribution in [0.1, 0.15) is 17.7 Å². The minimum absolute atomic E-state index is 0.429. The number of likely N-dealkylation sites (tertiary alicyclic amines) is 1. The molecule has 1 aliphatic heterocycles. The molecule has 0 N–H and O–H groups in total. The van der Waals surface area contributed by atoms with Gasteiger partial charge in [0.2, 0.25) is 0 Å². The minimum atomic E-state index is 0.429. The topological polar surface area (TPSA) is 12.5 Å². The van der Waals surface area contributed by atoms with Gasteiger partial charge in [0.25, 0.3) is 0 Å². The Kier molecular flexibility index (Phi) is 5.10. The summed E-state index contributed by atoms with van der Waals surface area (Å²) in [6.07, 6.45) is 2.71. The number of hydrogen-bond donors (Lipinski definition) is 0. The fourth-order valence-electron chi connectivity index (χ4n) is 2.07. The molecular formula is C12H18ClNOS. The molecule has 2 nitrogen and oxygen atoms in total. The van der Waals surface area contributed by atoms with E-state index in [4.69, 9.17) is 16.3 Å². The van der Waals surface area contributed by atoms with E-state index in [1.54, 1.807) is 0 Å². The van der Waals surface area contributed by atoms with Crippen molar-refractivity contribution in [1.29, 1.82) is 0 Å². The number of alkyl halides is 1. The van der Waals surface area contributed by atoms with Gasteiger partial charge >= 0.3 is 0 Å². The highest BCUT2D eigenvalue weighted by Crippen LogP contribution is 2.18. The normalized spacial score (nSPS) is 19.1. The van der Waals surface area contributed by atoms with E-state index in [1.807, 2.05) is 11.3 Å². The molecule has 0 aliphatic carbocycles. The number of nitrogens with zero attached hydrogens (tertiary/aromatic N) is 1. The maximum absolute atomic E-state index is 5.66. The maximum Gasteiger partial charge on any atom is 0.0605 e. The van der Waals surface area contributed by atoms with E-state index in [0.29, 0.717) is 18.6 Å². The first kappa shape index (κ1) is 12.4. The van der Waals surface area contributed by atoms with Crippen molar-refractivity contribution in [2.45, 2.75) is 25.5 Å². The van der Waals surface area contributed by atoms with Crippen molar-refractivity contribution >= 4 is 22.9 Å². The molecule has 0 atom stereocenters. The van der Waals surface area contributed by atoms with Crippen LogP contribution in [0.15, 0.2) is 17.5 Å². The molecule has 0 radical (unpaired) electrons. The van der Waals surface area contributed by atoms with Gasteiger partial charge < -0.3 is 4.74 Å². The van der Waals surface area contributed by atoms with E-state index < -0.39 is 0 Å². The van der Waals surface area contributed by atoms with Gasteiger partial charge in [0.15, 0.2) is 0 Å². The van der Waals surface area contributed by atoms with Crippen LogP contribution in [0, 0.1) is 0 Å². The zero-order valence-electron chi connectivity index (χ0n) is 9.40. The van der Waals surface area contributed by atoms with Gasteiger partial charge in [-0.05, 0) is 24.3 Å². The smallest absolute Gasteiger partial charge is 0.0605 e. The second-order valence-electron chi connectivity index (χ2n) is 4.11. The zero-order chi connectivity index (χ0) is 11.2. The zero-order valence-corrected chi connectivity index (χ0v) is 11.0. The largest absolute Gasteiger partial charge is 0.377 e. The van der Waals surface area contributed by atoms with Crippen molar-refractivity contribution in [3.05, 3.63) is 22.4 Å². The molecule has 1 aromatic rings. The van der Waals surface area contributed by atoms with Crippen molar-refractivity contribution < 1.29 is 4.74 Å². The van der Waals surface area contributed by atoms with Gasteiger partial charge in [-0.3, -0.25) is 4.90 Å². The maximum atomic E-state index is 5.66. The number of thiophene rings is 1. The van der Waals surface area contributed by atoms with Gasteiger partial charge in [0, 0.05) is 30.4 Å². The van der Waals surface area contributed by atoms with Crippen LogP contribution in [0.3, 0.4) is 0 Å². The van der Waals surface area contributed by atoms with Crippen molar-refractivity contribution in [3.8, 4) is 0 Å². The predicted octanol–water partition coefficient (Wildman–Crippen LogP) is 2.97. The van der Waals surface area contributed by atoms with Crippen LogP contribution in [0.25, 0.3) is 0 Å². The summed E-state index contributed by atoms with van der Waals surface area (Å²) < 4.78 is 5.66. The summed E-state index contributed by atoms with van der Waals surface area (Å²) in [5.74, 6) is 0.607. The number of rotatable bonds is 5. The third kappa shape index (κ3) is 3.74. The highest BCUT2D eigenvalue weighted by Gasteiger charge is 2.19. The third-order valence-electron chi connectivity index (χ3n) is 2.92. The molecule has 0 bridgehead atoms. The summed E-state index contributed by atoms with van der Waals surface area (Å²) in [4.78, 5) is 3.96. The predicted molar refractivity (Wildman–Crippen MR) is 69.3 cm³/mol. The van der Waals surface area contributed by atoms with Crippen LogP contribution >= 0.6 is 22.9 Å². The van der Waals surface area contributed by atoms with Crippen LogP contribution in [-0.2, 0) is 11.3 Å². The minimum Gasteiger partial charge on any atom is -0.377 e. The first-order chi connectivity index (χ1) is 7.88. The molecular weight excluding hydrogens is 242 g/mol. The summed E-state index contributed by atoms with van der Waals surface area (Å²) >= 11 is 7.45. The Labute approximate surface area is 106 Å². The van der Waals surface area contributed by atoms with Gasteiger partial charge in [-0.2, -0.15) is 0 Å². The van der Waals surface area contributed by atoms with Gasteiger partial charge in [-0.15, -0.1) is 22.9 Å². The van der Waals surface area contributed by atoms with Gasteiger partial charge in [0.05, 0.1) is 12.7 Å². The second kappa shape index (κ2) is 6.60. The Morgan fingerprint density at radius 2 is 2.25 bits per heavy atom. The Morgan fingerprint density at radius 3 is 2.88 bits per heavy atom. The number of piperidine rings is 1. The Bertz CT molecular complexity index is 283. The molecule has 2 heterocycles. The van der Waals surface area contributed by atoms with Crippen LogP contribution < -0.4 is 0 Å². The molecule has 1 saturated heterocycles. The monoisotopic (exact) mass is 259 g/mol.